The number of carboxylic acids is 1. The normalized spacial score (nSPS) is 12.3. The van der Waals surface area contributed by atoms with E-state index in [0.29, 0.717) is 10.9 Å². The zero-order valence-electron chi connectivity index (χ0n) is 9.92. The molecule has 0 amide bonds. The first-order valence-corrected chi connectivity index (χ1v) is 5.61. The van der Waals surface area contributed by atoms with Gasteiger partial charge in [-0.2, -0.15) is 0 Å². The largest absolute Gasteiger partial charge is 0.480 e. The first kappa shape index (κ1) is 13.0. The molecular weight excluding hydrogens is 248 g/mol. The minimum Gasteiger partial charge on any atom is -0.480 e. The summed E-state index contributed by atoms with van der Waals surface area (Å²) in [6.07, 6.45) is 2.05. The Bertz CT molecular complexity index is 660. The van der Waals surface area contributed by atoms with Crippen LogP contribution >= 0.6 is 0 Å². The number of aldehydes is 1. The second-order valence-electron chi connectivity index (χ2n) is 4.21. The van der Waals surface area contributed by atoms with Crippen molar-refractivity contribution in [3.63, 3.8) is 0 Å². The number of benzene rings is 1. The number of fused-ring (bicyclic) bond motifs is 1. The van der Waals surface area contributed by atoms with Gasteiger partial charge in [0.2, 0.25) is 5.78 Å². The third-order valence-electron chi connectivity index (χ3n) is 2.92. The third-order valence-corrected chi connectivity index (χ3v) is 2.92. The Morgan fingerprint density at radius 2 is 2.16 bits per heavy atom. The molecule has 0 aliphatic heterocycles. The van der Waals surface area contributed by atoms with Gasteiger partial charge in [-0.1, -0.05) is 0 Å². The Morgan fingerprint density at radius 3 is 2.79 bits per heavy atom. The lowest BCUT2D eigenvalue weighted by molar-refractivity contribution is -0.138. The van der Waals surface area contributed by atoms with Crippen LogP contribution in [0.3, 0.4) is 0 Å². The molecule has 1 aromatic carbocycles. The third kappa shape index (κ3) is 2.53. The molecule has 0 unspecified atom stereocenters. The Hall–Kier alpha value is -2.47. The Labute approximate surface area is 108 Å². The summed E-state index contributed by atoms with van der Waals surface area (Å²) in [5, 5.41) is 9.50. The first-order valence-electron chi connectivity index (χ1n) is 5.61. The van der Waals surface area contributed by atoms with Gasteiger partial charge < -0.3 is 15.8 Å². The van der Waals surface area contributed by atoms with Gasteiger partial charge in [-0.05, 0) is 23.8 Å². The fourth-order valence-electron chi connectivity index (χ4n) is 1.89. The van der Waals surface area contributed by atoms with Crippen molar-refractivity contribution in [3.05, 3.63) is 35.5 Å². The Balaban J connectivity index is 2.42. The topological polar surface area (TPSA) is 113 Å². The summed E-state index contributed by atoms with van der Waals surface area (Å²) >= 11 is 0. The fourth-order valence-corrected chi connectivity index (χ4v) is 1.89. The second kappa shape index (κ2) is 5.03. The number of rotatable bonds is 5. The number of H-pyrrole nitrogens is 1. The van der Waals surface area contributed by atoms with Crippen LogP contribution in [0.15, 0.2) is 24.4 Å². The lowest BCUT2D eigenvalue weighted by Gasteiger charge is -2.05. The van der Waals surface area contributed by atoms with Crippen LogP contribution in [0.5, 0.6) is 0 Å². The summed E-state index contributed by atoms with van der Waals surface area (Å²) in [5.41, 5.74) is 7.22. The van der Waals surface area contributed by atoms with E-state index in [9.17, 15) is 14.4 Å². The van der Waals surface area contributed by atoms with Gasteiger partial charge in [-0.3, -0.25) is 14.4 Å². The van der Waals surface area contributed by atoms with E-state index in [4.69, 9.17) is 10.8 Å². The maximum absolute atomic E-state index is 11.3. The SMILES string of the molecule is N[C@@H](Cc1c[nH]c2ccc(C(=O)C=O)cc12)C(=O)O. The van der Waals surface area contributed by atoms with Gasteiger partial charge >= 0.3 is 5.97 Å². The molecule has 0 aliphatic carbocycles. The number of carbonyl (C=O) groups excluding carboxylic acids is 2. The van der Waals surface area contributed by atoms with Crippen LogP contribution in [0.2, 0.25) is 0 Å². The van der Waals surface area contributed by atoms with Crippen molar-refractivity contribution in [2.75, 3.05) is 0 Å². The van der Waals surface area contributed by atoms with Crippen LogP contribution in [-0.4, -0.2) is 34.2 Å². The van der Waals surface area contributed by atoms with Gasteiger partial charge in [0.25, 0.3) is 0 Å². The van der Waals surface area contributed by atoms with Gasteiger partial charge in [-0.25, -0.2) is 0 Å². The summed E-state index contributed by atoms with van der Waals surface area (Å²) in [6.45, 7) is 0. The Morgan fingerprint density at radius 1 is 1.42 bits per heavy atom. The molecule has 2 aromatic rings. The van der Waals surface area contributed by atoms with Crippen molar-refractivity contribution >= 4 is 28.9 Å². The quantitative estimate of drug-likeness (QED) is 0.411. The van der Waals surface area contributed by atoms with E-state index in [0.717, 1.165) is 5.52 Å². The van der Waals surface area contributed by atoms with Gasteiger partial charge in [0.15, 0.2) is 6.29 Å². The number of nitrogens with one attached hydrogen (secondary N) is 1. The Kier molecular flexibility index (Phi) is 3.43. The molecule has 6 heteroatoms. The molecule has 98 valence electrons. The molecule has 1 heterocycles. The predicted molar refractivity (Wildman–Crippen MR) is 68.0 cm³/mol. The highest BCUT2D eigenvalue weighted by Crippen LogP contribution is 2.21. The van der Waals surface area contributed by atoms with E-state index >= 15 is 0 Å². The molecule has 4 N–H and O–H groups in total. The van der Waals surface area contributed by atoms with Crippen LogP contribution in [-0.2, 0) is 16.0 Å². The zero-order valence-corrected chi connectivity index (χ0v) is 9.92. The van der Waals surface area contributed by atoms with Gasteiger partial charge in [0.05, 0.1) is 0 Å². The van der Waals surface area contributed by atoms with E-state index < -0.39 is 17.8 Å². The van der Waals surface area contributed by atoms with Gasteiger partial charge in [0, 0.05) is 29.1 Å². The van der Waals surface area contributed by atoms with E-state index in [1.807, 2.05) is 0 Å². The monoisotopic (exact) mass is 260 g/mol. The molecule has 6 nitrogen and oxygen atoms in total. The first-order chi connectivity index (χ1) is 9.02. The molecule has 2 rings (SSSR count). The molecule has 1 atom stereocenters. The molecule has 0 bridgehead atoms. The highest BCUT2D eigenvalue weighted by Gasteiger charge is 2.15. The number of Topliss-reactive ketones (excluding diaryl/α,β-unsaturated/α-hetero) is 1. The number of carbonyl (C=O) groups is 3. The predicted octanol–water partition coefficient (Wildman–Crippen LogP) is 0.504. The van der Waals surface area contributed by atoms with Gasteiger partial charge in [-0.15, -0.1) is 0 Å². The van der Waals surface area contributed by atoms with Gasteiger partial charge in [0.1, 0.15) is 6.04 Å². The average molecular weight is 260 g/mol. The minimum atomic E-state index is -1.09. The minimum absolute atomic E-state index is 0.147. The number of carboxylic acid groups (broad SMARTS) is 1. The van der Waals surface area contributed by atoms with E-state index in [1.54, 1.807) is 18.3 Å². The van der Waals surface area contributed by atoms with E-state index in [-0.39, 0.29) is 18.3 Å². The number of hydrogen-bond donors (Lipinski definition) is 3. The molecule has 0 saturated heterocycles. The number of hydrogen-bond acceptors (Lipinski definition) is 4. The smallest absolute Gasteiger partial charge is 0.320 e. The summed E-state index contributed by atoms with van der Waals surface area (Å²) in [4.78, 5) is 35.5. The molecular formula is C13H12N2O4. The standard InChI is InChI=1S/C13H12N2O4/c14-10(13(18)19)4-8-5-15-11-2-1-7(3-9(8)11)12(17)6-16/h1-3,5-6,10,15H,4,14H2,(H,18,19)/t10-/m0/s1. The van der Waals surface area contributed by atoms with E-state index in [1.165, 1.54) is 6.07 Å². The van der Waals surface area contributed by atoms with Crippen molar-refractivity contribution in [3.8, 4) is 0 Å². The van der Waals surface area contributed by atoms with Crippen LogP contribution in [0.4, 0.5) is 0 Å². The van der Waals surface area contributed by atoms with Crippen LogP contribution in [0.1, 0.15) is 15.9 Å². The number of aromatic amines is 1. The zero-order chi connectivity index (χ0) is 14.0. The number of aliphatic carboxylic acids is 1. The van der Waals surface area contributed by atoms with E-state index in [2.05, 4.69) is 4.98 Å². The van der Waals surface area contributed by atoms with Crippen molar-refractivity contribution in [2.45, 2.75) is 12.5 Å². The van der Waals surface area contributed by atoms with Crippen molar-refractivity contribution < 1.29 is 19.5 Å². The highest BCUT2D eigenvalue weighted by molar-refractivity contribution is 6.33. The van der Waals surface area contributed by atoms with Crippen LogP contribution < -0.4 is 5.73 Å². The highest BCUT2D eigenvalue weighted by atomic mass is 16.4. The molecule has 1 aromatic heterocycles. The number of aromatic nitrogens is 1. The summed E-state index contributed by atoms with van der Waals surface area (Å²) in [6, 6.07) is 3.76. The number of ketones is 1. The van der Waals surface area contributed by atoms with Crippen molar-refractivity contribution in [1.29, 1.82) is 0 Å². The number of nitrogens with two attached hydrogens (primary N) is 1. The second-order valence-corrected chi connectivity index (χ2v) is 4.21. The fraction of sp³-hybridized carbons (Fsp3) is 0.154. The lowest BCUT2D eigenvalue weighted by atomic mass is 10.0. The molecule has 0 spiro atoms. The lowest BCUT2D eigenvalue weighted by Crippen LogP contribution is -2.32. The van der Waals surface area contributed by atoms with Crippen LogP contribution in [0, 0.1) is 0 Å². The maximum atomic E-state index is 11.3. The maximum Gasteiger partial charge on any atom is 0.320 e. The van der Waals surface area contributed by atoms with Crippen LogP contribution in [0.25, 0.3) is 10.9 Å². The molecule has 0 fully saturated rings. The molecule has 0 radical (unpaired) electrons. The van der Waals surface area contributed by atoms with Crippen molar-refractivity contribution in [2.24, 2.45) is 5.73 Å². The summed E-state index contributed by atoms with van der Waals surface area (Å²) < 4.78 is 0. The molecule has 0 saturated carbocycles. The average Bonchev–Trinajstić information content (AvgIpc) is 2.80. The van der Waals surface area contributed by atoms with Crippen molar-refractivity contribution in [1.82, 2.24) is 4.98 Å². The molecule has 19 heavy (non-hydrogen) atoms. The summed E-state index contributed by atoms with van der Waals surface area (Å²) in [5.74, 6) is -1.70. The summed E-state index contributed by atoms with van der Waals surface area (Å²) in [7, 11) is 0. The molecule has 0 aliphatic rings.